The predicted molar refractivity (Wildman–Crippen MR) is 75.2 cm³/mol. The summed E-state index contributed by atoms with van der Waals surface area (Å²) in [5.41, 5.74) is 7.12. The van der Waals surface area contributed by atoms with Gasteiger partial charge >= 0.3 is 0 Å². The van der Waals surface area contributed by atoms with Gasteiger partial charge in [-0.1, -0.05) is 18.9 Å². The van der Waals surface area contributed by atoms with Crippen LogP contribution in [0.3, 0.4) is 0 Å². The third-order valence-corrected chi connectivity index (χ3v) is 3.95. The molecule has 0 unspecified atom stereocenters. The first-order chi connectivity index (χ1) is 8.13. The Morgan fingerprint density at radius 3 is 2.53 bits per heavy atom. The molecule has 1 saturated carbocycles. The molecule has 1 fully saturated rings. The molecule has 0 radical (unpaired) electrons. The third kappa shape index (κ3) is 2.77. The summed E-state index contributed by atoms with van der Waals surface area (Å²) in [6, 6.07) is 2.31. The van der Waals surface area contributed by atoms with E-state index in [1.165, 1.54) is 47.9 Å². The Labute approximate surface area is 105 Å². The molecule has 0 saturated heterocycles. The smallest absolute Gasteiger partial charge is 0.0286 e. The van der Waals surface area contributed by atoms with E-state index in [4.69, 9.17) is 0 Å². The number of rotatable bonds is 4. The maximum Gasteiger partial charge on any atom is 0.0286 e. The van der Waals surface area contributed by atoms with Gasteiger partial charge in [0.25, 0.3) is 0 Å². The first-order valence-electron chi connectivity index (χ1n) is 6.65. The molecule has 1 aromatic rings. The van der Waals surface area contributed by atoms with Crippen LogP contribution in [-0.2, 0) is 6.42 Å². The van der Waals surface area contributed by atoms with E-state index < -0.39 is 0 Å². The van der Waals surface area contributed by atoms with Gasteiger partial charge in [0.05, 0.1) is 0 Å². The summed E-state index contributed by atoms with van der Waals surface area (Å²) in [7, 11) is 1.85. The molecule has 0 aliphatic heterocycles. The maximum atomic E-state index is 4.18. The molecule has 1 heteroatoms. The number of aliphatic imine (C=N–C) groups is 1. The summed E-state index contributed by atoms with van der Waals surface area (Å²) in [5, 5.41) is 0. The largest absolute Gasteiger partial charge is 0.296 e. The lowest BCUT2D eigenvalue weighted by Crippen LogP contribution is -2.02. The van der Waals surface area contributed by atoms with Gasteiger partial charge in [-0.25, -0.2) is 0 Å². The lowest BCUT2D eigenvalue weighted by molar-refractivity contribution is 0.721. The van der Waals surface area contributed by atoms with Crippen molar-refractivity contribution in [3.63, 3.8) is 0 Å². The molecule has 0 spiro atoms. The highest BCUT2D eigenvalue weighted by Gasteiger charge is 2.21. The minimum Gasteiger partial charge on any atom is -0.296 e. The van der Waals surface area contributed by atoms with Crippen LogP contribution in [0.4, 0.5) is 0 Å². The number of benzene rings is 1. The molecule has 1 nitrogen and oxygen atoms in total. The second-order valence-electron chi connectivity index (χ2n) is 5.40. The standard InChI is InChI=1S/C16H23N/c1-11-9-12(2)16(10-17-4)13(3)15(11)8-7-14-5-6-14/h9-10,14H,5-8H2,1-4H3. The lowest BCUT2D eigenvalue weighted by Gasteiger charge is -2.15. The van der Waals surface area contributed by atoms with Crippen molar-refractivity contribution in [2.75, 3.05) is 7.05 Å². The zero-order valence-electron chi connectivity index (χ0n) is 11.5. The Kier molecular flexibility index (Phi) is 3.66. The summed E-state index contributed by atoms with van der Waals surface area (Å²) < 4.78 is 0. The molecular formula is C16H23N. The monoisotopic (exact) mass is 229 g/mol. The molecule has 0 heterocycles. The highest BCUT2D eigenvalue weighted by atomic mass is 14.6. The Hall–Kier alpha value is -1.11. The summed E-state index contributed by atoms with van der Waals surface area (Å²) in [6.45, 7) is 6.68. The van der Waals surface area contributed by atoms with Crippen LogP contribution < -0.4 is 0 Å². The van der Waals surface area contributed by atoms with E-state index in [1.54, 1.807) is 5.56 Å². The maximum absolute atomic E-state index is 4.18. The van der Waals surface area contributed by atoms with Gasteiger partial charge in [0.15, 0.2) is 0 Å². The molecule has 0 bridgehead atoms. The summed E-state index contributed by atoms with van der Waals surface area (Å²) in [4.78, 5) is 4.18. The Morgan fingerprint density at radius 2 is 1.94 bits per heavy atom. The van der Waals surface area contributed by atoms with Gasteiger partial charge in [-0.15, -0.1) is 0 Å². The molecular weight excluding hydrogens is 206 g/mol. The molecule has 2 rings (SSSR count). The minimum atomic E-state index is 1.01. The molecule has 17 heavy (non-hydrogen) atoms. The van der Waals surface area contributed by atoms with E-state index in [-0.39, 0.29) is 0 Å². The van der Waals surface area contributed by atoms with Crippen LogP contribution in [0.15, 0.2) is 11.1 Å². The molecule has 0 aromatic heterocycles. The Bertz CT molecular complexity index is 439. The van der Waals surface area contributed by atoms with Crippen LogP contribution in [0, 0.1) is 26.7 Å². The van der Waals surface area contributed by atoms with Crippen molar-refractivity contribution in [2.45, 2.75) is 46.5 Å². The minimum absolute atomic E-state index is 1.01. The summed E-state index contributed by atoms with van der Waals surface area (Å²) >= 11 is 0. The lowest BCUT2D eigenvalue weighted by atomic mass is 9.91. The van der Waals surface area contributed by atoms with Gasteiger partial charge in [-0.3, -0.25) is 4.99 Å². The van der Waals surface area contributed by atoms with Crippen molar-refractivity contribution in [1.29, 1.82) is 0 Å². The second-order valence-corrected chi connectivity index (χ2v) is 5.40. The van der Waals surface area contributed by atoms with Crippen LogP contribution >= 0.6 is 0 Å². The quantitative estimate of drug-likeness (QED) is 0.692. The van der Waals surface area contributed by atoms with Crippen LogP contribution in [0.25, 0.3) is 0 Å². The highest BCUT2D eigenvalue weighted by Crippen LogP contribution is 2.34. The van der Waals surface area contributed by atoms with E-state index in [1.807, 2.05) is 13.3 Å². The molecule has 1 aliphatic carbocycles. The van der Waals surface area contributed by atoms with Gasteiger partial charge in [0, 0.05) is 13.3 Å². The van der Waals surface area contributed by atoms with Crippen molar-refractivity contribution in [3.8, 4) is 0 Å². The summed E-state index contributed by atoms with van der Waals surface area (Å²) in [6.07, 6.45) is 7.52. The van der Waals surface area contributed by atoms with Crippen LogP contribution in [0.5, 0.6) is 0 Å². The van der Waals surface area contributed by atoms with E-state index in [9.17, 15) is 0 Å². The van der Waals surface area contributed by atoms with Crippen molar-refractivity contribution >= 4 is 6.21 Å². The predicted octanol–water partition coefficient (Wildman–Crippen LogP) is 4.00. The zero-order chi connectivity index (χ0) is 12.4. The van der Waals surface area contributed by atoms with Gasteiger partial charge in [0.2, 0.25) is 0 Å². The van der Waals surface area contributed by atoms with E-state index in [0.29, 0.717) is 0 Å². The normalized spacial score (nSPS) is 15.8. The fourth-order valence-electron chi connectivity index (χ4n) is 2.71. The topological polar surface area (TPSA) is 12.4 Å². The van der Waals surface area contributed by atoms with Crippen LogP contribution in [0.1, 0.15) is 47.1 Å². The van der Waals surface area contributed by atoms with Crippen LogP contribution in [-0.4, -0.2) is 13.3 Å². The van der Waals surface area contributed by atoms with E-state index in [2.05, 4.69) is 31.8 Å². The molecule has 1 aliphatic rings. The van der Waals surface area contributed by atoms with Crippen LogP contribution in [0.2, 0.25) is 0 Å². The van der Waals surface area contributed by atoms with E-state index >= 15 is 0 Å². The van der Waals surface area contributed by atoms with Crippen molar-refractivity contribution in [3.05, 3.63) is 33.9 Å². The van der Waals surface area contributed by atoms with Gasteiger partial charge in [-0.05, 0) is 67.3 Å². The Morgan fingerprint density at radius 1 is 1.24 bits per heavy atom. The molecule has 0 N–H and O–H groups in total. The SMILES string of the molecule is CN=Cc1c(C)cc(C)c(CCC2CC2)c1C. The van der Waals surface area contributed by atoms with Gasteiger partial charge in [-0.2, -0.15) is 0 Å². The number of hydrogen-bond donors (Lipinski definition) is 0. The molecule has 0 amide bonds. The average molecular weight is 229 g/mol. The average Bonchev–Trinajstić information content (AvgIpc) is 3.07. The van der Waals surface area contributed by atoms with Gasteiger partial charge < -0.3 is 0 Å². The zero-order valence-corrected chi connectivity index (χ0v) is 11.5. The first kappa shape index (κ1) is 12.3. The molecule has 92 valence electrons. The number of nitrogens with zero attached hydrogens (tertiary/aromatic N) is 1. The van der Waals surface area contributed by atoms with Crippen molar-refractivity contribution in [1.82, 2.24) is 0 Å². The first-order valence-corrected chi connectivity index (χ1v) is 6.65. The second kappa shape index (κ2) is 5.03. The third-order valence-electron chi connectivity index (χ3n) is 3.95. The fraction of sp³-hybridized carbons (Fsp3) is 0.562. The fourth-order valence-corrected chi connectivity index (χ4v) is 2.71. The van der Waals surface area contributed by atoms with E-state index in [0.717, 1.165) is 5.92 Å². The van der Waals surface area contributed by atoms with Crippen molar-refractivity contribution in [2.24, 2.45) is 10.9 Å². The Balaban J connectivity index is 2.31. The highest BCUT2D eigenvalue weighted by molar-refractivity contribution is 5.84. The van der Waals surface area contributed by atoms with Gasteiger partial charge in [0.1, 0.15) is 0 Å². The number of aryl methyl sites for hydroxylation is 2. The van der Waals surface area contributed by atoms with Crippen molar-refractivity contribution < 1.29 is 0 Å². The molecule has 1 aromatic carbocycles. The number of hydrogen-bond acceptors (Lipinski definition) is 1. The molecule has 0 atom stereocenters. The summed E-state index contributed by atoms with van der Waals surface area (Å²) in [5.74, 6) is 1.01.